The highest BCUT2D eigenvalue weighted by molar-refractivity contribution is 5.96. The molecule has 0 saturated carbocycles. The highest BCUT2D eigenvalue weighted by Gasteiger charge is 2.17. The number of carboxylic acid groups (broad SMARTS) is 1. The minimum Gasteiger partial charge on any atom is -0.491 e. The van der Waals surface area contributed by atoms with Gasteiger partial charge in [-0.05, 0) is 25.1 Å². The van der Waals surface area contributed by atoms with E-state index >= 15 is 0 Å². The first-order valence-corrected chi connectivity index (χ1v) is 6.31. The van der Waals surface area contributed by atoms with E-state index < -0.39 is 5.97 Å². The molecule has 0 aliphatic heterocycles. The van der Waals surface area contributed by atoms with Crippen LogP contribution in [-0.4, -0.2) is 55.3 Å². The summed E-state index contributed by atoms with van der Waals surface area (Å²) in [4.78, 5) is 24.1. The Morgan fingerprint density at radius 2 is 2.05 bits per heavy atom. The molecule has 1 amide bonds. The molecule has 110 valence electrons. The van der Waals surface area contributed by atoms with Crippen LogP contribution in [0.25, 0.3) is 0 Å². The van der Waals surface area contributed by atoms with Crippen LogP contribution in [0.1, 0.15) is 17.3 Å². The molecule has 1 aromatic rings. The molecule has 0 bridgehead atoms. The lowest BCUT2D eigenvalue weighted by Crippen LogP contribution is -2.35. The third-order valence-electron chi connectivity index (χ3n) is 2.63. The van der Waals surface area contributed by atoms with Crippen molar-refractivity contribution < 1.29 is 24.2 Å². The summed E-state index contributed by atoms with van der Waals surface area (Å²) in [6.45, 7) is 2.60. The Labute approximate surface area is 117 Å². The normalized spacial score (nSPS) is 10.1. The second-order valence-electron chi connectivity index (χ2n) is 4.08. The molecule has 1 N–H and O–H groups in total. The maximum absolute atomic E-state index is 12.2. The maximum Gasteiger partial charge on any atom is 0.323 e. The van der Waals surface area contributed by atoms with Crippen LogP contribution in [0, 0.1) is 0 Å². The van der Waals surface area contributed by atoms with Gasteiger partial charge in [0.25, 0.3) is 5.91 Å². The molecule has 0 heterocycles. The fourth-order valence-corrected chi connectivity index (χ4v) is 1.63. The molecule has 0 fully saturated rings. The molecule has 0 spiro atoms. The third-order valence-corrected chi connectivity index (χ3v) is 2.63. The number of benzene rings is 1. The Balaban J connectivity index is 2.76. The summed E-state index contributed by atoms with van der Waals surface area (Å²) in [5.41, 5.74) is 0.406. The number of ether oxygens (including phenoxy) is 2. The van der Waals surface area contributed by atoms with Gasteiger partial charge in [-0.3, -0.25) is 9.59 Å². The van der Waals surface area contributed by atoms with E-state index in [1.54, 1.807) is 38.3 Å². The van der Waals surface area contributed by atoms with Gasteiger partial charge in [0.15, 0.2) is 0 Å². The van der Waals surface area contributed by atoms with Crippen LogP contribution in [0.2, 0.25) is 0 Å². The lowest BCUT2D eigenvalue weighted by molar-refractivity contribution is -0.137. The van der Waals surface area contributed by atoms with Gasteiger partial charge >= 0.3 is 5.97 Å². The first-order chi connectivity index (χ1) is 9.58. The number of hydrogen-bond acceptors (Lipinski definition) is 4. The van der Waals surface area contributed by atoms with Gasteiger partial charge in [-0.1, -0.05) is 6.07 Å². The van der Waals surface area contributed by atoms with Gasteiger partial charge in [-0.25, -0.2) is 0 Å². The minimum absolute atomic E-state index is 0.315. The van der Waals surface area contributed by atoms with E-state index in [1.165, 1.54) is 4.90 Å². The molecule has 0 aliphatic rings. The van der Waals surface area contributed by atoms with E-state index in [-0.39, 0.29) is 12.5 Å². The predicted octanol–water partition coefficient (Wildman–Crippen LogP) is 1.26. The van der Waals surface area contributed by atoms with E-state index in [4.69, 9.17) is 14.6 Å². The van der Waals surface area contributed by atoms with Crippen molar-refractivity contribution in [1.29, 1.82) is 0 Å². The fourth-order valence-electron chi connectivity index (χ4n) is 1.63. The average molecular weight is 281 g/mol. The van der Waals surface area contributed by atoms with Crippen molar-refractivity contribution in [2.75, 3.05) is 33.4 Å². The Morgan fingerprint density at radius 1 is 1.30 bits per heavy atom. The topological polar surface area (TPSA) is 76.1 Å². The summed E-state index contributed by atoms with van der Waals surface area (Å²) in [6.07, 6.45) is 0. The number of amides is 1. The number of rotatable bonds is 8. The zero-order valence-electron chi connectivity index (χ0n) is 11.7. The Bertz CT molecular complexity index is 461. The van der Waals surface area contributed by atoms with Gasteiger partial charge < -0.3 is 19.5 Å². The molecule has 0 atom stereocenters. The predicted molar refractivity (Wildman–Crippen MR) is 73.0 cm³/mol. The quantitative estimate of drug-likeness (QED) is 0.726. The fraction of sp³-hybridized carbons (Fsp3) is 0.429. The van der Waals surface area contributed by atoms with E-state index in [2.05, 4.69) is 0 Å². The summed E-state index contributed by atoms with van der Waals surface area (Å²) in [5, 5.41) is 8.78. The molecule has 20 heavy (non-hydrogen) atoms. The molecule has 0 unspecified atom stereocenters. The van der Waals surface area contributed by atoms with Crippen molar-refractivity contribution in [3.8, 4) is 5.75 Å². The van der Waals surface area contributed by atoms with Gasteiger partial charge in [-0.2, -0.15) is 0 Å². The number of hydrogen-bond donors (Lipinski definition) is 1. The van der Waals surface area contributed by atoms with Crippen LogP contribution in [0.5, 0.6) is 5.75 Å². The Kier molecular flexibility index (Phi) is 6.52. The zero-order chi connectivity index (χ0) is 15.0. The smallest absolute Gasteiger partial charge is 0.323 e. The SMILES string of the molecule is CCN(CC(=O)O)C(=O)c1cccc(OCCOC)c1. The van der Waals surface area contributed by atoms with Crippen LogP contribution in [0.3, 0.4) is 0 Å². The lowest BCUT2D eigenvalue weighted by Gasteiger charge is -2.18. The highest BCUT2D eigenvalue weighted by atomic mass is 16.5. The van der Waals surface area contributed by atoms with Gasteiger partial charge in [0.05, 0.1) is 6.61 Å². The number of carbonyl (C=O) groups excluding carboxylic acids is 1. The highest BCUT2D eigenvalue weighted by Crippen LogP contribution is 2.15. The number of nitrogens with zero attached hydrogens (tertiary/aromatic N) is 1. The van der Waals surface area contributed by atoms with Crippen molar-refractivity contribution in [3.05, 3.63) is 29.8 Å². The Morgan fingerprint density at radius 3 is 2.65 bits per heavy atom. The van der Waals surface area contributed by atoms with Crippen LogP contribution in [-0.2, 0) is 9.53 Å². The number of carbonyl (C=O) groups is 2. The summed E-state index contributed by atoms with van der Waals surface area (Å²) in [5.74, 6) is -0.806. The number of likely N-dealkylation sites (N-methyl/N-ethyl adjacent to an activating group) is 1. The van der Waals surface area contributed by atoms with Crippen LogP contribution in [0.4, 0.5) is 0 Å². The van der Waals surface area contributed by atoms with E-state index in [9.17, 15) is 9.59 Å². The molecular weight excluding hydrogens is 262 g/mol. The van der Waals surface area contributed by atoms with E-state index in [0.29, 0.717) is 31.1 Å². The molecule has 1 rings (SSSR count). The summed E-state index contributed by atoms with van der Waals surface area (Å²) in [6, 6.07) is 6.67. The van der Waals surface area contributed by atoms with Gasteiger partial charge in [-0.15, -0.1) is 0 Å². The molecule has 6 heteroatoms. The number of methoxy groups -OCH3 is 1. The van der Waals surface area contributed by atoms with Gasteiger partial charge in [0, 0.05) is 19.2 Å². The van der Waals surface area contributed by atoms with Gasteiger partial charge in [0.1, 0.15) is 18.9 Å². The molecule has 0 radical (unpaired) electrons. The maximum atomic E-state index is 12.2. The van der Waals surface area contributed by atoms with Crippen LogP contribution < -0.4 is 4.74 Å². The molecule has 1 aromatic carbocycles. The number of aliphatic carboxylic acids is 1. The molecule has 0 aromatic heterocycles. The first kappa shape index (κ1) is 16.0. The second-order valence-corrected chi connectivity index (χ2v) is 4.08. The minimum atomic E-state index is -1.03. The molecule has 0 saturated heterocycles. The summed E-state index contributed by atoms with van der Waals surface area (Å²) in [7, 11) is 1.58. The standard InChI is InChI=1S/C14H19NO5/c1-3-15(10-13(16)17)14(18)11-5-4-6-12(9-11)20-8-7-19-2/h4-6,9H,3,7-8,10H2,1-2H3,(H,16,17). The van der Waals surface area contributed by atoms with E-state index in [0.717, 1.165) is 0 Å². The van der Waals surface area contributed by atoms with Crippen molar-refractivity contribution in [2.24, 2.45) is 0 Å². The van der Waals surface area contributed by atoms with E-state index in [1.807, 2.05) is 0 Å². The lowest BCUT2D eigenvalue weighted by atomic mass is 10.2. The third kappa shape index (κ3) is 4.89. The average Bonchev–Trinajstić information content (AvgIpc) is 2.44. The largest absolute Gasteiger partial charge is 0.491 e. The van der Waals surface area contributed by atoms with Crippen molar-refractivity contribution >= 4 is 11.9 Å². The van der Waals surface area contributed by atoms with Gasteiger partial charge in [0.2, 0.25) is 0 Å². The summed E-state index contributed by atoms with van der Waals surface area (Å²) >= 11 is 0. The molecular formula is C14H19NO5. The molecule has 0 aliphatic carbocycles. The zero-order valence-corrected chi connectivity index (χ0v) is 11.7. The number of carboxylic acids is 1. The van der Waals surface area contributed by atoms with Crippen molar-refractivity contribution in [2.45, 2.75) is 6.92 Å². The molecule has 6 nitrogen and oxygen atoms in total. The van der Waals surface area contributed by atoms with Crippen molar-refractivity contribution in [3.63, 3.8) is 0 Å². The first-order valence-electron chi connectivity index (χ1n) is 6.31. The monoisotopic (exact) mass is 281 g/mol. The second kappa shape index (κ2) is 8.16. The summed E-state index contributed by atoms with van der Waals surface area (Å²) < 4.78 is 10.3. The Hall–Kier alpha value is -2.08. The van der Waals surface area contributed by atoms with Crippen LogP contribution >= 0.6 is 0 Å². The van der Waals surface area contributed by atoms with Crippen LogP contribution in [0.15, 0.2) is 24.3 Å². The van der Waals surface area contributed by atoms with Crippen molar-refractivity contribution in [1.82, 2.24) is 4.90 Å².